The van der Waals surface area contributed by atoms with E-state index in [9.17, 15) is 0 Å². The number of hydrogen-bond acceptors (Lipinski definition) is 2. The highest BCUT2D eigenvalue weighted by atomic mass is 15.2. The normalized spacial score (nSPS) is 15.8. The van der Waals surface area contributed by atoms with E-state index in [0.717, 1.165) is 24.2 Å². The Labute approximate surface area is 105 Å². The van der Waals surface area contributed by atoms with Crippen molar-refractivity contribution in [2.24, 2.45) is 5.92 Å². The van der Waals surface area contributed by atoms with Gasteiger partial charge in [0.05, 0.1) is 0 Å². The Morgan fingerprint density at radius 3 is 2.65 bits per heavy atom. The summed E-state index contributed by atoms with van der Waals surface area (Å²) in [7, 11) is 0. The van der Waals surface area contributed by atoms with E-state index in [1.54, 1.807) is 0 Å². The van der Waals surface area contributed by atoms with Crippen molar-refractivity contribution < 1.29 is 0 Å². The molecule has 0 bridgehead atoms. The predicted molar refractivity (Wildman–Crippen MR) is 73.9 cm³/mol. The van der Waals surface area contributed by atoms with Crippen LogP contribution >= 0.6 is 0 Å². The maximum atomic E-state index is 5.97. The van der Waals surface area contributed by atoms with Crippen LogP contribution in [-0.4, -0.2) is 17.5 Å². The quantitative estimate of drug-likeness (QED) is 0.790. The van der Waals surface area contributed by atoms with Gasteiger partial charge in [-0.25, -0.2) is 0 Å². The van der Waals surface area contributed by atoms with Crippen LogP contribution in [-0.2, 0) is 6.54 Å². The van der Waals surface area contributed by atoms with Crippen molar-refractivity contribution in [1.29, 1.82) is 0 Å². The first-order valence-corrected chi connectivity index (χ1v) is 6.66. The zero-order valence-electron chi connectivity index (χ0n) is 11.2. The number of anilines is 1. The molecule has 0 saturated heterocycles. The van der Waals surface area contributed by atoms with Crippen LogP contribution in [0.5, 0.6) is 0 Å². The molecule has 0 aromatic heterocycles. The smallest absolute Gasteiger partial charge is 0.0346 e. The Kier molecular flexibility index (Phi) is 3.72. The van der Waals surface area contributed by atoms with Crippen LogP contribution in [0.2, 0.25) is 0 Å². The minimum atomic E-state index is 0.733. The largest absolute Gasteiger partial charge is 0.399 e. The van der Waals surface area contributed by atoms with Gasteiger partial charge in [0.25, 0.3) is 0 Å². The van der Waals surface area contributed by atoms with Gasteiger partial charge in [0.1, 0.15) is 0 Å². The number of benzene rings is 1. The lowest BCUT2D eigenvalue weighted by atomic mass is 10.1. The highest BCUT2D eigenvalue weighted by Gasteiger charge is 2.29. The highest BCUT2D eigenvalue weighted by Crippen LogP contribution is 2.30. The maximum absolute atomic E-state index is 5.97. The molecule has 2 nitrogen and oxygen atoms in total. The van der Waals surface area contributed by atoms with E-state index in [4.69, 9.17) is 5.73 Å². The van der Waals surface area contributed by atoms with E-state index in [2.05, 4.69) is 37.8 Å². The summed E-state index contributed by atoms with van der Waals surface area (Å²) >= 11 is 0. The molecule has 1 aliphatic carbocycles. The third kappa shape index (κ3) is 3.22. The average Bonchev–Trinajstić information content (AvgIpc) is 3.06. The minimum Gasteiger partial charge on any atom is -0.399 e. The highest BCUT2D eigenvalue weighted by molar-refractivity contribution is 5.49. The van der Waals surface area contributed by atoms with Crippen LogP contribution in [0, 0.1) is 12.8 Å². The molecule has 0 radical (unpaired) electrons. The summed E-state index contributed by atoms with van der Waals surface area (Å²) in [6.07, 6.45) is 2.74. The van der Waals surface area contributed by atoms with Gasteiger partial charge in [-0.2, -0.15) is 0 Å². The monoisotopic (exact) mass is 232 g/mol. The maximum Gasteiger partial charge on any atom is 0.0346 e. The van der Waals surface area contributed by atoms with Crippen LogP contribution in [0.4, 0.5) is 5.69 Å². The fourth-order valence-electron chi connectivity index (χ4n) is 2.34. The molecule has 0 unspecified atom stereocenters. The van der Waals surface area contributed by atoms with E-state index in [1.165, 1.54) is 30.5 Å². The molecule has 0 atom stereocenters. The standard InChI is InChI=1S/C15H24N2/c1-11(2)9-17(14-7-8-14)10-13-5-4-6-15(16)12(13)3/h4-6,11,14H,7-10,16H2,1-3H3. The summed E-state index contributed by atoms with van der Waals surface area (Å²) in [5, 5.41) is 0. The first-order chi connectivity index (χ1) is 8.08. The predicted octanol–water partition coefficient (Wildman–Crippen LogP) is 3.20. The molecule has 0 amide bonds. The topological polar surface area (TPSA) is 29.3 Å². The van der Waals surface area contributed by atoms with Gasteiger partial charge in [-0.05, 0) is 42.9 Å². The van der Waals surface area contributed by atoms with Crippen LogP contribution in [0.25, 0.3) is 0 Å². The Morgan fingerprint density at radius 1 is 1.35 bits per heavy atom. The minimum absolute atomic E-state index is 0.733. The molecule has 0 heterocycles. The molecule has 2 rings (SSSR count). The zero-order valence-corrected chi connectivity index (χ0v) is 11.2. The lowest BCUT2D eigenvalue weighted by Crippen LogP contribution is -2.29. The molecule has 0 aliphatic heterocycles. The first kappa shape index (κ1) is 12.4. The molecule has 17 heavy (non-hydrogen) atoms. The van der Waals surface area contributed by atoms with E-state index < -0.39 is 0 Å². The number of rotatable bonds is 5. The third-order valence-electron chi connectivity index (χ3n) is 3.52. The van der Waals surface area contributed by atoms with E-state index in [1.807, 2.05) is 6.07 Å². The summed E-state index contributed by atoms with van der Waals surface area (Å²) in [6, 6.07) is 7.08. The van der Waals surface area contributed by atoms with Crippen molar-refractivity contribution >= 4 is 5.69 Å². The van der Waals surface area contributed by atoms with E-state index in [0.29, 0.717) is 0 Å². The van der Waals surface area contributed by atoms with Gasteiger partial charge in [0, 0.05) is 24.8 Å². The Hall–Kier alpha value is -1.02. The second-order valence-corrected chi connectivity index (χ2v) is 5.69. The number of nitrogens with two attached hydrogens (primary N) is 1. The Bertz CT molecular complexity index is 381. The summed E-state index contributed by atoms with van der Waals surface area (Å²) < 4.78 is 0. The lowest BCUT2D eigenvalue weighted by molar-refractivity contribution is 0.225. The van der Waals surface area contributed by atoms with Gasteiger partial charge < -0.3 is 5.73 Å². The van der Waals surface area contributed by atoms with Crippen molar-refractivity contribution in [1.82, 2.24) is 4.90 Å². The van der Waals surface area contributed by atoms with Crippen LogP contribution in [0.1, 0.15) is 37.8 Å². The van der Waals surface area contributed by atoms with Gasteiger partial charge >= 0.3 is 0 Å². The van der Waals surface area contributed by atoms with Crippen molar-refractivity contribution in [3.05, 3.63) is 29.3 Å². The fraction of sp³-hybridized carbons (Fsp3) is 0.600. The first-order valence-electron chi connectivity index (χ1n) is 6.66. The van der Waals surface area contributed by atoms with Gasteiger partial charge in [0.15, 0.2) is 0 Å². The molecule has 1 saturated carbocycles. The molecule has 94 valence electrons. The zero-order chi connectivity index (χ0) is 12.4. The lowest BCUT2D eigenvalue weighted by Gasteiger charge is -2.25. The number of nitrogen functional groups attached to an aromatic ring is 1. The van der Waals surface area contributed by atoms with Gasteiger partial charge in [0.2, 0.25) is 0 Å². The molecular formula is C15H24N2. The van der Waals surface area contributed by atoms with E-state index in [-0.39, 0.29) is 0 Å². The SMILES string of the molecule is Cc1c(N)cccc1CN(CC(C)C)C1CC1. The molecule has 1 aliphatic rings. The van der Waals surface area contributed by atoms with Gasteiger partial charge in [-0.15, -0.1) is 0 Å². The van der Waals surface area contributed by atoms with Crippen molar-refractivity contribution in [3.63, 3.8) is 0 Å². The van der Waals surface area contributed by atoms with Gasteiger partial charge in [-0.1, -0.05) is 26.0 Å². The average molecular weight is 232 g/mol. The Balaban J connectivity index is 2.08. The number of nitrogens with zero attached hydrogens (tertiary/aromatic N) is 1. The molecule has 2 heteroatoms. The molecule has 0 spiro atoms. The summed E-state index contributed by atoms with van der Waals surface area (Å²) in [6.45, 7) is 8.97. The summed E-state index contributed by atoms with van der Waals surface area (Å²) in [5.74, 6) is 0.733. The van der Waals surface area contributed by atoms with E-state index >= 15 is 0 Å². The van der Waals surface area contributed by atoms with Crippen LogP contribution in [0.15, 0.2) is 18.2 Å². The van der Waals surface area contributed by atoms with Crippen molar-refractivity contribution in [2.45, 2.75) is 46.2 Å². The van der Waals surface area contributed by atoms with Crippen molar-refractivity contribution in [2.75, 3.05) is 12.3 Å². The molecular weight excluding hydrogens is 208 g/mol. The van der Waals surface area contributed by atoms with Crippen LogP contribution < -0.4 is 5.73 Å². The molecule has 2 N–H and O–H groups in total. The van der Waals surface area contributed by atoms with Gasteiger partial charge in [-0.3, -0.25) is 4.90 Å². The fourth-order valence-corrected chi connectivity index (χ4v) is 2.34. The second-order valence-electron chi connectivity index (χ2n) is 5.69. The molecule has 1 aromatic rings. The third-order valence-corrected chi connectivity index (χ3v) is 3.52. The second kappa shape index (κ2) is 5.09. The number of hydrogen-bond donors (Lipinski definition) is 1. The summed E-state index contributed by atoms with van der Waals surface area (Å²) in [5.41, 5.74) is 9.53. The van der Waals surface area contributed by atoms with Crippen molar-refractivity contribution in [3.8, 4) is 0 Å². The summed E-state index contributed by atoms with van der Waals surface area (Å²) in [4.78, 5) is 2.62. The molecule has 1 fully saturated rings. The van der Waals surface area contributed by atoms with Crippen LogP contribution in [0.3, 0.4) is 0 Å². The molecule has 1 aromatic carbocycles. The Morgan fingerprint density at radius 2 is 2.06 bits per heavy atom.